The lowest BCUT2D eigenvalue weighted by Gasteiger charge is -2.15. The summed E-state index contributed by atoms with van der Waals surface area (Å²) in [7, 11) is 0. The number of hydrogen-bond acceptors (Lipinski definition) is 12. The van der Waals surface area contributed by atoms with Crippen molar-refractivity contribution >= 4 is 17.3 Å². The number of aromatic hydroxyl groups is 9. The number of carbonyl (C=O) groups excluding carboxylic acids is 3. The molecule has 0 bridgehead atoms. The van der Waals surface area contributed by atoms with Gasteiger partial charge in [-0.15, -0.1) is 0 Å². The number of Topliss-reactive ketones (excluding diaryl/α,β-unsaturated/α-hetero) is 2. The number of phenolic OH excluding ortho intramolecular Hbond substituents is 9. The Balaban J connectivity index is 2.31. The van der Waals surface area contributed by atoms with Gasteiger partial charge in [-0.05, 0) is 0 Å². The van der Waals surface area contributed by atoms with Gasteiger partial charge in [0.05, 0.1) is 11.1 Å². The summed E-state index contributed by atoms with van der Waals surface area (Å²) in [6, 6.07) is 6.77. The predicted molar refractivity (Wildman–Crippen MR) is 106 cm³/mol. The zero-order chi connectivity index (χ0) is 24.8. The van der Waals surface area contributed by atoms with Crippen LogP contribution in [-0.4, -0.2) is 63.3 Å². The minimum Gasteiger partial charge on any atom is -0.504 e. The van der Waals surface area contributed by atoms with Crippen molar-refractivity contribution in [2.24, 2.45) is 0 Å². The third kappa shape index (κ3) is 3.31. The van der Waals surface area contributed by atoms with Crippen molar-refractivity contribution in [2.75, 3.05) is 0 Å². The van der Waals surface area contributed by atoms with Gasteiger partial charge < -0.3 is 46.0 Å². The molecule has 3 rings (SSSR count). The average Bonchev–Trinajstić information content (AvgIpc) is 2.82. The molecule has 0 aliphatic carbocycles. The summed E-state index contributed by atoms with van der Waals surface area (Å²) < 4.78 is 0. The maximum atomic E-state index is 12.9. The van der Waals surface area contributed by atoms with Crippen LogP contribution in [0.5, 0.6) is 51.7 Å². The monoisotopic (exact) mass is 458 g/mol. The number of rotatable bonds is 5. The van der Waals surface area contributed by atoms with Crippen LogP contribution in [0, 0.1) is 0 Å². The Morgan fingerprint density at radius 3 is 1.21 bits per heavy atom. The largest absolute Gasteiger partial charge is 0.504 e. The maximum absolute atomic E-state index is 12.9. The molecule has 33 heavy (non-hydrogen) atoms. The fraction of sp³-hybridized carbons (Fsp3) is 0. The molecule has 0 atom stereocenters. The quantitative estimate of drug-likeness (QED) is 0.114. The van der Waals surface area contributed by atoms with E-state index in [9.17, 15) is 60.3 Å². The number of carbonyl (C=O) groups is 3. The van der Waals surface area contributed by atoms with E-state index < -0.39 is 85.8 Å². The van der Waals surface area contributed by atoms with E-state index >= 15 is 0 Å². The molecule has 0 spiro atoms. The molecule has 0 radical (unpaired) electrons. The molecule has 9 N–H and O–H groups in total. The summed E-state index contributed by atoms with van der Waals surface area (Å²) in [4.78, 5) is 38.6. The molecule has 12 nitrogen and oxygen atoms in total. The minimum atomic E-state index is -1.95. The van der Waals surface area contributed by atoms with Crippen molar-refractivity contribution < 1.29 is 60.3 Å². The normalized spacial score (nSPS) is 10.7. The summed E-state index contributed by atoms with van der Waals surface area (Å²) in [5.41, 5.74) is -4.05. The van der Waals surface area contributed by atoms with Gasteiger partial charge in [0.15, 0.2) is 28.8 Å². The van der Waals surface area contributed by atoms with Crippen LogP contribution in [0.4, 0.5) is 0 Å². The van der Waals surface area contributed by atoms with Crippen molar-refractivity contribution in [3.8, 4) is 51.7 Å². The third-order valence-electron chi connectivity index (χ3n) is 4.69. The molecule has 3 aromatic carbocycles. The fourth-order valence-corrected chi connectivity index (χ4v) is 3.00. The maximum Gasteiger partial charge on any atom is 0.241 e. The molecule has 0 saturated carbocycles. The predicted octanol–water partition coefficient (Wildman–Crippen LogP) is 1.33. The van der Waals surface area contributed by atoms with Gasteiger partial charge in [0.1, 0.15) is 5.56 Å². The molecule has 170 valence electrons. The molecule has 0 saturated heterocycles. The Hall–Kier alpha value is -5.13. The van der Waals surface area contributed by atoms with Gasteiger partial charge in [-0.3, -0.25) is 14.4 Å². The van der Waals surface area contributed by atoms with E-state index in [-0.39, 0.29) is 5.56 Å². The average molecular weight is 458 g/mol. The Bertz CT molecular complexity index is 1310. The van der Waals surface area contributed by atoms with Crippen LogP contribution in [0.15, 0.2) is 30.3 Å². The first-order valence-corrected chi connectivity index (χ1v) is 8.79. The van der Waals surface area contributed by atoms with E-state index in [2.05, 4.69) is 0 Å². The van der Waals surface area contributed by atoms with E-state index in [1.54, 1.807) is 0 Å². The van der Waals surface area contributed by atoms with Gasteiger partial charge in [-0.1, -0.05) is 30.3 Å². The van der Waals surface area contributed by atoms with Gasteiger partial charge >= 0.3 is 0 Å². The highest BCUT2D eigenvalue weighted by Gasteiger charge is 2.38. The van der Waals surface area contributed by atoms with Crippen molar-refractivity contribution in [1.29, 1.82) is 0 Å². The molecule has 0 unspecified atom stereocenters. The zero-order valence-corrected chi connectivity index (χ0v) is 16.1. The number of ketones is 3. The first-order valence-electron chi connectivity index (χ1n) is 8.79. The van der Waals surface area contributed by atoms with E-state index in [1.807, 2.05) is 0 Å². The van der Waals surface area contributed by atoms with Crippen LogP contribution in [0.3, 0.4) is 0 Å². The highest BCUT2D eigenvalue weighted by atomic mass is 16.4. The lowest BCUT2D eigenvalue weighted by atomic mass is 9.90. The highest BCUT2D eigenvalue weighted by Crippen LogP contribution is 2.52. The Labute approximate surface area is 182 Å². The molecule has 3 aromatic rings. The lowest BCUT2D eigenvalue weighted by Crippen LogP contribution is -2.19. The van der Waals surface area contributed by atoms with Crippen LogP contribution >= 0.6 is 0 Å². The Morgan fingerprint density at radius 2 is 0.758 bits per heavy atom. The second-order valence-corrected chi connectivity index (χ2v) is 6.62. The third-order valence-corrected chi connectivity index (χ3v) is 4.69. The molecule has 0 aromatic heterocycles. The van der Waals surface area contributed by atoms with Crippen LogP contribution in [0.2, 0.25) is 0 Å². The van der Waals surface area contributed by atoms with Crippen LogP contribution < -0.4 is 0 Å². The first kappa shape index (κ1) is 22.6. The van der Waals surface area contributed by atoms with E-state index in [0.29, 0.717) is 0 Å². The van der Waals surface area contributed by atoms with Gasteiger partial charge in [0.25, 0.3) is 0 Å². The molecule has 0 amide bonds. The van der Waals surface area contributed by atoms with E-state index in [1.165, 1.54) is 30.3 Å². The smallest absolute Gasteiger partial charge is 0.241 e. The molecule has 0 aliphatic heterocycles. The van der Waals surface area contributed by atoms with Crippen LogP contribution in [0.1, 0.15) is 36.6 Å². The summed E-state index contributed by atoms with van der Waals surface area (Å²) >= 11 is 0. The zero-order valence-electron chi connectivity index (χ0n) is 16.1. The topological polar surface area (TPSA) is 233 Å². The van der Waals surface area contributed by atoms with Gasteiger partial charge in [0, 0.05) is 5.56 Å². The molecule has 0 heterocycles. The number of phenols is 9. The second kappa shape index (κ2) is 7.85. The van der Waals surface area contributed by atoms with Crippen molar-refractivity contribution in [2.45, 2.75) is 0 Å². The highest BCUT2D eigenvalue weighted by molar-refractivity contribution is 6.52. The van der Waals surface area contributed by atoms with Crippen LogP contribution in [0.25, 0.3) is 0 Å². The molecular formula is C21H14O12. The van der Waals surface area contributed by atoms with E-state index in [0.717, 1.165) is 0 Å². The standard InChI is InChI=1S/C21H14O12/c22-10(6-4-2-1-3-5-6)7-8(13(25)18(30)17(29)12(7)24)11(23)14(26)9-15(27)19(31)21(33)20(32)16(9)28/h1-5,24-25,27-33H. The SMILES string of the molecule is O=C(C(=O)c1c(O)c(O)c(O)c(O)c1C(=O)c1ccccc1)c1c(O)c(O)c(O)c(O)c1O. The fourth-order valence-electron chi connectivity index (χ4n) is 3.00. The van der Waals surface area contributed by atoms with E-state index in [4.69, 9.17) is 0 Å². The number of benzene rings is 3. The second-order valence-electron chi connectivity index (χ2n) is 6.62. The Kier molecular flexibility index (Phi) is 5.36. The lowest BCUT2D eigenvalue weighted by molar-refractivity contribution is 0.0808. The van der Waals surface area contributed by atoms with Gasteiger partial charge in [-0.2, -0.15) is 0 Å². The van der Waals surface area contributed by atoms with Gasteiger partial charge in [-0.25, -0.2) is 0 Å². The molecular weight excluding hydrogens is 444 g/mol. The van der Waals surface area contributed by atoms with Crippen LogP contribution in [-0.2, 0) is 0 Å². The summed E-state index contributed by atoms with van der Waals surface area (Å²) in [6.07, 6.45) is 0. The summed E-state index contributed by atoms with van der Waals surface area (Å²) in [5.74, 6) is -18.3. The summed E-state index contributed by atoms with van der Waals surface area (Å²) in [5, 5.41) is 88.6. The molecule has 12 heteroatoms. The molecule has 0 aliphatic rings. The van der Waals surface area contributed by atoms with Gasteiger partial charge in [0.2, 0.25) is 40.3 Å². The minimum absolute atomic E-state index is 0.176. The van der Waals surface area contributed by atoms with Crippen molar-refractivity contribution in [3.05, 3.63) is 52.6 Å². The van der Waals surface area contributed by atoms with Crippen molar-refractivity contribution in [3.63, 3.8) is 0 Å². The summed E-state index contributed by atoms with van der Waals surface area (Å²) in [6.45, 7) is 0. The first-order chi connectivity index (χ1) is 15.4. The van der Waals surface area contributed by atoms with Crippen molar-refractivity contribution in [1.82, 2.24) is 0 Å². The molecule has 0 fully saturated rings. The number of hydrogen-bond donors (Lipinski definition) is 9. The Morgan fingerprint density at radius 1 is 0.424 bits per heavy atom.